The standard InChI is InChI=1S/C11H14N2S5/c1-3-4-5-12-6-7(13(5)18-2)9(15)11(17)10(16)8(6)14/h14-17H,3-4H2,1-2H3. The van der Waals surface area contributed by atoms with Crippen molar-refractivity contribution in [1.29, 1.82) is 0 Å². The summed E-state index contributed by atoms with van der Waals surface area (Å²) in [5.41, 5.74) is 1.83. The average molecular weight is 335 g/mol. The van der Waals surface area contributed by atoms with E-state index in [-0.39, 0.29) is 0 Å². The number of imidazole rings is 1. The number of hydrogen-bond donors (Lipinski definition) is 4. The van der Waals surface area contributed by atoms with Crippen LogP contribution in [0.5, 0.6) is 0 Å². The minimum Gasteiger partial charge on any atom is -0.269 e. The Morgan fingerprint density at radius 2 is 1.67 bits per heavy atom. The van der Waals surface area contributed by atoms with Crippen molar-refractivity contribution < 1.29 is 0 Å². The molecule has 0 fully saturated rings. The van der Waals surface area contributed by atoms with Crippen LogP contribution in [0.1, 0.15) is 19.2 Å². The van der Waals surface area contributed by atoms with Crippen molar-refractivity contribution in [2.75, 3.05) is 6.26 Å². The highest BCUT2D eigenvalue weighted by Crippen LogP contribution is 2.40. The van der Waals surface area contributed by atoms with E-state index in [1.54, 1.807) is 11.9 Å². The summed E-state index contributed by atoms with van der Waals surface area (Å²) in [6.45, 7) is 2.14. The molecule has 0 N–H and O–H groups in total. The molecule has 1 aromatic heterocycles. The van der Waals surface area contributed by atoms with Gasteiger partial charge in [0.15, 0.2) is 0 Å². The molecule has 7 heteroatoms. The molecule has 0 aliphatic carbocycles. The average Bonchev–Trinajstić information content (AvgIpc) is 2.73. The summed E-state index contributed by atoms with van der Waals surface area (Å²) >= 11 is 19.6. The van der Waals surface area contributed by atoms with Crippen molar-refractivity contribution in [3.05, 3.63) is 5.82 Å². The molecule has 2 rings (SSSR count). The Morgan fingerprint density at radius 3 is 2.22 bits per heavy atom. The maximum Gasteiger partial charge on any atom is 0.120 e. The second kappa shape index (κ2) is 5.83. The third kappa shape index (κ3) is 2.28. The normalized spacial score (nSPS) is 11.4. The van der Waals surface area contributed by atoms with Crippen molar-refractivity contribution >= 4 is 73.5 Å². The molecule has 0 amide bonds. The van der Waals surface area contributed by atoms with Gasteiger partial charge in [-0.15, -0.1) is 50.5 Å². The van der Waals surface area contributed by atoms with Gasteiger partial charge >= 0.3 is 0 Å². The summed E-state index contributed by atoms with van der Waals surface area (Å²) in [6.07, 6.45) is 4.01. The molecular weight excluding hydrogens is 320 g/mol. The van der Waals surface area contributed by atoms with Crippen molar-refractivity contribution in [1.82, 2.24) is 8.96 Å². The Labute approximate surface area is 133 Å². The quantitative estimate of drug-likeness (QED) is 0.628. The van der Waals surface area contributed by atoms with Crippen molar-refractivity contribution in [3.63, 3.8) is 0 Å². The number of aromatic nitrogens is 2. The number of rotatable bonds is 3. The molecule has 0 saturated carbocycles. The molecule has 2 nitrogen and oxygen atoms in total. The van der Waals surface area contributed by atoms with Crippen LogP contribution in [0.15, 0.2) is 19.6 Å². The van der Waals surface area contributed by atoms with E-state index in [9.17, 15) is 0 Å². The number of hydrogen-bond acceptors (Lipinski definition) is 6. The van der Waals surface area contributed by atoms with E-state index in [0.717, 1.165) is 49.3 Å². The lowest BCUT2D eigenvalue weighted by atomic mass is 10.3. The molecule has 0 atom stereocenters. The molecule has 0 aliphatic heterocycles. The summed E-state index contributed by atoms with van der Waals surface area (Å²) in [5, 5.41) is 0. The summed E-state index contributed by atoms with van der Waals surface area (Å²) in [7, 11) is 0. The van der Waals surface area contributed by atoms with Crippen LogP contribution in [0.2, 0.25) is 0 Å². The summed E-state index contributed by atoms with van der Waals surface area (Å²) in [4.78, 5) is 7.72. The first-order valence-electron chi connectivity index (χ1n) is 5.44. The maximum atomic E-state index is 4.67. The van der Waals surface area contributed by atoms with Crippen LogP contribution in [-0.2, 0) is 6.42 Å². The minimum atomic E-state index is 0.730. The third-order valence-electron chi connectivity index (χ3n) is 2.68. The van der Waals surface area contributed by atoms with E-state index in [4.69, 9.17) is 0 Å². The van der Waals surface area contributed by atoms with Gasteiger partial charge < -0.3 is 0 Å². The highest BCUT2D eigenvalue weighted by atomic mass is 32.2. The molecule has 1 aromatic carbocycles. The Bertz CT molecular complexity index is 605. The molecule has 18 heavy (non-hydrogen) atoms. The Morgan fingerprint density at radius 1 is 1.06 bits per heavy atom. The minimum absolute atomic E-state index is 0.730. The number of thiol groups is 4. The molecule has 1 heterocycles. The van der Waals surface area contributed by atoms with Crippen LogP contribution in [0.25, 0.3) is 11.0 Å². The summed E-state index contributed by atoms with van der Waals surface area (Å²) in [5.74, 6) is 1.04. The molecular formula is C11H14N2S5. The van der Waals surface area contributed by atoms with E-state index in [0.29, 0.717) is 0 Å². The predicted octanol–water partition coefficient (Wildman–Crippen LogP) is 4.27. The van der Waals surface area contributed by atoms with Crippen molar-refractivity contribution in [2.45, 2.75) is 39.3 Å². The van der Waals surface area contributed by atoms with Crippen LogP contribution in [0.4, 0.5) is 0 Å². The van der Waals surface area contributed by atoms with Gasteiger partial charge in [0, 0.05) is 32.3 Å². The van der Waals surface area contributed by atoms with Gasteiger partial charge in [-0.2, -0.15) is 0 Å². The zero-order valence-electron chi connectivity index (χ0n) is 10.0. The highest BCUT2D eigenvalue weighted by molar-refractivity contribution is 7.97. The fourth-order valence-corrected chi connectivity index (χ4v) is 3.82. The number of nitrogens with zero attached hydrogens (tertiary/aromatic N) is 2. The fraction of sp³-hybridized carbons (Fsp3) is 0.364. The van der Waals surface area contributed by atoms with Gasteiger partial charge in [0.25, 0.3) is 0 Å². The molecule has 2 aromatic rings. The van der Waals surface area contributed by atoms with E-state index in [2.05, 4.69) is 66.4 Å². The van der Waals surface area contributed by atoms with Crippen molar-refractivity contribution in [3.8, 4) is 0 Å². The lowest BCUT2D eigenvalue weighted by molar-refractivity contribution is 0.847. The number of aryl methyl sites for hydroxylation is 1. The van der Waals surface area contributed by atoms with Gasteiger partial charge in [0.05, 0.1) is 5.52 Å². The Hall–Kier alpha value is 0.440. The molecule has 0 saturated heterocycles. The summed E-state index contributed by atoms with van der Waals surface area (Å²) in [6, 6.07) is 0. The lowest BCUT2D eigenvalue weighted by Gasteiger charge is -2.09. The lowest BCUT2D eigenvalue weighted by Crippen LogP contribution is -1.95. The first-order chi connectivity index (χ1) is 8.52. The SMILES string of the molecule is CCCc1nc2c(S)c(S)c(S)c(S)c2n1SC. The van der Waals surface area contributed by atoms with E-state index in [1.165, 1.54) is 0 Å². The van der Waals surface area contributed by atoms with Crippen LogP contribution in [0, 0.1) is 0 Å². The molecule has 0 radical (unpaired) electrons. The molecule has 0 spiro atoms. The zero-order valence-corrected chi connectivity index (χ0v) is 14.4. The number of fused-ring (bicyclic) bond motifs is 1. The van der Waals surface area contributed by atoms with Crippen LogP contribution in [-0.4, -0.2) is 15.2 Å². The zero-order chi connectivity index (χ0) is 13.4. The topological polar surface area (TPSA) is 17.8 Å². The number of benzene rings is 1. The summed E-state index contributed by atoms with van der Waals surface area (Å²) < 4.78 is 2.10. The maximum absolute atomic E-state index is 4.67. The van der Waals surface area contributed by atoms with Gasteiger partial charge in [-0.25, -0.2) is 4.98 Å². The smallest absolute Gasteiger partial charge is 0.120 e. The van der Waals surface area contributed by atoms with Gasteiger partial charge in [0.1, 0.15) is 11.3 Å². The van der Waals surface area contributed by atoms with Gasteiger partial charge in [-0.1, -0.05) is 6.92 Å². The first-order valence-corrected chi connectivity index (χ1v) is 8.41. The van der Waals surface area contributed by atoms with Crippen LogP contribution < -0.4 is 0 Å². The monoisotopic (exact) mass is 334 g/mol. The second-order valence-corrected chi connectivity index (χ2v) is 6.37. The van der Waals surface area contributed by atoms with Crippen molar-refractivity contribution in [2.24, 2.45) is 0 Å². The van der Waals surface area contributed by atoms with E-state index >= 15 is 0 Å². The molecule has 98 valence electrons. The molecule has 0 aliphatic rings. The molecule has 0 unspecified atom stereocenters. The van der Waals surface area contributed by atoms with Gasteiger partial charge in [0.2, 0.25) is 0 Å². The van der Waals surface area contributed by atoms with Crippen LogP contribution >= 0.6 is 62.5 Å². The third-order valence-corrected chi connectivity index (χ3v) is 5.73. The second-order valence-electron chi connectivity index (χ2n) is 3.85. The molecule has 0 bridgehead atoms. The fourth-order valence-electron chi connectivity index (χ4n) is 1.85. The Kier molecular flexibility index (Phi) is 4.80. The van der Waals surface area contributed by atoms with E-state index in [1.807, 2.05) is 6.26 Å². The highest BCUT2D eigenvalue weighted by Gasteiger charge is 2.19. The largest absolute Gasteiger partial charge is 0.269 e. The van der Waals surface area contributed by atoms with E-state index < -0.39 is 0 Å². The van der Waals surface area contributed by atoms with Crippen LogP contribution in [0.3, 0.4) is 0 Å². The predicted molar refractivity (Wildman–Crippen MR) is 91.6 cm³/mol. The Balaban J connectivity index is 2.88. The van der Waals surface area contributed by atoms with Gasteiger partial charge in [-0.05, 0) is 18.4 Å². The first kappa shape index (κ1) is 14.8. The van der Waals surface area contributed by atoms with Gasteiger partial charge in [-0.3, -0.25) is 3.97 Å².